The third kappa shape index (κ3) is 4.89. The molecule has 0 unspecified atom stereocenters. The van der Waals surface area contributed by atoms with Crippen molar-refractivity contribution in [2.45, 2.75) is 45.2 Å². The SMILES string of the molecule is CCn1c(SCC(=O)N(Cc2ccco2)CC(F)(F)F)nc2sc(C)c(C)c2c1=O. The third-order valence-corrected chi connectivity index (χ3v) is 6.61. The van der Waals surface area contributed by atoms with Crippen molar-refractivity contribution in [3.63, 3.8) is 0 Å². The quantitative estimate of drug-likeness (QED) is 0.388. The number of rotatable bonds is 7. The Kier molecular flexibility index (Phi) is 6.61. The van der Waals surface area contributed by atoms with E-state index in [-0.39, 0.29) is 23.6 Å². The second kappa shape index (κ2) is 8.84. The number of carbonyl (C=O) groups is 1. The number of hydrogen-bond donors (Lipinski definition) is 0. The Morgan fingerprint density at radius 2 is 2.10 bits per heavy atom. The molecule has 11 heteroatoms. The lowest BCUT2D eigenvalue weighted by Gasteiger charge is -2.23. The highest BCUT2D eigenvalue weighted by Gasteiger charge is 2.33. The van der Waals surface area contributed by atoms with E-state index in [4.69, 9.17) is 4.42 Å². The number of amides is 1. The average molecular weight is 460 g/mol. The van der Waals surface area contributed by atoms with Gasteiger partial charge in [-0.25, -0.2) is 4.98 Å². The molecule has 0 saturated heterocycles. The first-order chi connectivity index (χ1) is 14.1. The van der Waals surface area contributed by atoms with Crippen LogP contribution in [-0.4, -0.2) is 38.8 Å². The van der Waals surface area contributed by atoms with Gasteiger partial charge in [-0.3, -0.25) is 14.2 Å². The molecular weight excluding hydrogens is 439 g/mol. The molecule has 0 N–H and O–H groups in total. The molecule has 3 rings (SSSR count). The summed E-state index contributed by atoms with van der Waals surface area (Å²) in [7, 11) is 0. The molecule has 0 bridgehead atoms. The van der Waals surface area contributed by atoms with E-state index in [1.54, 1.807) is 13.0 Å². The van der Waals surface area contributed by atoms with Crippen LogP contribution < -0.4 is 5.56 Å². The molecule has 0 aromatic carbocycles. The molecule has 3 aromatic heterocycles. The van der Waals surface area contributed by atoms with Crippen molar-refractivity contribution < 1.29 is 22.4 Å². The second-order valence-electron chi connectivity index (χ2n) is 6.64. The van der Waals surface area contributed by atoms with Crippen LogP contribution in [0.15, 0.2) is 32.8 Å². The summed E-state index contributed by atoms with van der Waals surface area (Å²) in [4.78, 5) is 32.2. The molecule has 0 fully saturated rings. The fourth-order valence-corrected chi connectivity index (χ4v) is 4.99. The minimum Gasteiger partial charge on any atom is -0.467 e. The van der Waals surface area contributed by atoms with Gasteiger partial charge in [0.05, 0.1) is 23.9 Å². The molecule has 0 aliphatic heterocycles. The highest BCUT2D eigenvalue weighted by atomic mass is 32.2. The van der Waals surface area contributed by atoms with E-state index in [0.717, 1.165) is 22.2 Å². The van der Waals surface area contributed by atoms with Gasteiger partial charge in [0.2, 0.25) is 5.91 Å². The third-order valence-electron chi connectivity index (χ3n) is 4.54. The van der Waals surface area contributed by atoms with E-state index in [1.165, 1.54) is 28.2 Å². The van der Waals surface area contributed by atoms with Gasteiger partial charge in [-0.05, 0) is 38.5 Å². The number of fused-ring (bicyclic) bond motifs is 1. The summed E-state index contributed by atoms with van der Waals surface area (Å²) in [5, 5.41) is 0.862. The molecule has 162 valence electrons. The Morgan fingerprint density at radius 3 is 2.70 bits per heavy atom. The summed E-state index contributed by atoms with van der Waals surface area (Å²) in [6.07, 6.45) is -3.20. The van der Waals surface area contributed by atoms with Crippen LogP contribution in [0.3, 0.4) is 0 Å². The van der Waals surface area contributed by atoms with E-state index in [2.05, 4.69) is 4.98 Å². The number of hydrogen-bond acceptors (Lipinski definition) is 6. The van der Waals surface area contributed by atoms with Gasteiger partial charge >= 0.3 is 6.18 Å². The summed E-state index contributed by atoms with van der Waals surface area (Å²) in [5.74, 6) is -0.741. The van der Waals surface area contributed by atoms with Crippen molar-refractivity contribution in [3.8, 4) is 0 Å². The molecule has 0 saturated carbocycles. The first-order valence-electron chi connectivity index (χ1n) is 9.11. The van der Waals surface area contributed by atoms with Crippen molar-refractivity contribution in [1.82, 2.24) is 14.5 Å². The number of thiophene rings is 1. The zero-order chi connectivity index (χ0) is 22.1. The van der Waals surface area contributed by atoms with Gasteiger partial charge in [-0.15, -0.1) is 11.3 Å². The lowest BCUT2D eigenvalue weighted by molar-refractivity contribution is -0.161. The number of alkyl halides is 3. The standard InChI is InChI=1S/C19H20F3N3O3S2/c1-4-25-17(27)15-11(2)12(3)30-16(15)23-18(25)29-9-14(26)24(10-19(20,21)22)8-13-6-5-7-28-13/h5-7H,4,8-10H2,1-3H3. The van der Waals surface area contributed by atoms with Crippen LogP contribution in [0.5, 0.6) is 0 Å². The van der Waals surface area contributed by atoms with Crippen LogP contribution in [0.25, 0.3) is 10.2 Å². The summed E-state index contributed by atoms with van der Waals surface area (Å²) in [6, 6.07) is 3.06. The highest BCUT2D eigenvalue weighted by molar-refractivity contribution is 7.99. The fraction of sp³-hybridized carbons (Fsp3) is 0.421. The summed E-state index contributed by atoms with van der Waals surface area (Å²) >= 11 is 2.34. The number of thioether (sulfide) groups is 1. The maximum Gasteiger partial charge on any atom is 0.406 e. The molecule has 0 aliphatic carbocycles. The number of aromatic nitrogens is 2. The molecular formula is C19H20F3N3O3S2. The van der Waals surface area contributed by atoms with E-state index in [9.17, 15) is 22.8 Å². The van der Waals surface area contributed by atoms with Crippen LogP contribution in [0.2, 0.25) is 0 Å². The largest absolute Gasteiger partial charge is 0.467 e. The Morgan fingerprint density at radius 1 is 1.37 bits per heavy atom. The lowest BCUT2D eigenvalue weighted by Crippen LogP contribution is -2.39. The molecule has 1 amide bonds. The maximum absolute atomic E-state index is 13.0. The van der Waals surface area contributed by atoms with Crippen LogP contribution >= 0.6 is 23.1 Å². The molecule has 30 heavy (non-hydrogen) atoms. The van der Waals surface area contributed by atoms with Gasteiger partial charge in [0, 0.05) is 11.4 Å². The van der Waals surface area contributed by atoms with E-state index in [1.807, 2.05) is 13.8 Å². The Balaban J connectivity index is 1.84. The van der Waals surface area contributed by atoms with Crippen molar-refractivity contribution in [3.05, 3.63) is 45.0 Å². The van der Waals surface area contributed by atoms with Crippen molar-refractivity contribution in [1.29, 1.82) is 0 Å². The van der Waals surface area contributed by atoms with E-state index >= 15 is 0 Å². The Hall–Kier alpha value is -2.27. The molecule has 0 spiro atoms. The van der Waals surface area contributed by atoms with Gasteiger partial charge in [-0.2, -0.15) is 13.2 Å². The predicted molar refractivity (Wildman–Crippen MR) is 110 cm³/mol. The van der Waals surface area contributed by atoms with Crippen LogP contribution in [-0.2, 0) is 17.9 Å². The summed E-state index contributed by atoms with van der Waals surface area (Å²) in [5.41, 5.74) is 0.666. The van der Waals surface area contributed by atoms with E-state index in [0.29, 0.717) is 26.8 Å². The van der Waals surface area contributed by atoms with Gasteiger partial charge in [0.15, 0.2) is 5.16 Å². The molecule has 0 radical (unpaired) electrons. The first-order valence-corrected chi connectivity index (χ1v) is 10.9. The zero-order valence-electron chi connectivity index (χ0n) is 16.6. The lowest BCUT2D eigenvalue weighted by atomic mass is 10.2. The average Bonchev–Trinajstić information content (AvgIpc) is 3.26. The normalized spacial score (nSPS) is 11.9. The first kappa shape index (κ1) is 22.4. The maximum atomic E-state index is 13.0. The Labute approximate surface area is 178 Å². The monoisotopic (exact) mass is 459 g/mol. The van der Waals surface area contributed by atoms with Gasteiger partial charge in [-0.1, -0.05) is 11.8 Å². The molecule has 3 heterocycles. The van der Waals surface area contributed by atoms with E-state index < -0.39 is 18.6 Å². The Bertz CT molecular complexity index is 1100. The van der Waals surface area contributed by atoms with Gasteiger partial charge < -0.3 is 9.32 Å². The van der Waals surface area contributed by atoms with Gasteiger partial charge in [0.25, 0.3) is 5.56 Å². The van der Waals surface area contributed by atoms with Crippen LogP contribution in [0, 0.1) is 13.8 Å². The second-order valence-corrected chi connectivity index (χ2v) is 8.79. The minimum absolute atomic E-state index is 0.206. The number of aryl methyl sites for hydroxylation is 2. The topological polar surface area (TPSA) is 68.3 Å². The zero-order valence-corrected chi connectivity index (χ0v) is 18.2. The molecule has 0 atom stereocenters. The van der Waals surface area contributed by atoms with Crippen LogP contribution in [0.1, 0.15) is 23.1 Å². The highest BCUT2D eigenvalue weighted by Crippen LogP contribution is 2.28. The van der Waals surface area contributed by atoms with Crippen molar-refractivity contribution >= 4 is 39.2 Å². The van der Waals surface area contributed by atoms with Crippen molar-refractivity contribution in [2.75, 3.05) is 12.3 Å². The number of halogens is 3. The molecule has 6 nitrogen and oxygen atoms in total. The predicted octanol–water partition coefficient (Wildman–Crippen LogP) is 4.37. The number of carbonyl (C=O) groups excluding carboxylic acids is 1. The molecule has 0 aliphatic rings. The van der Waals surface area contributed by atoms with Crippen LogP contribution in [0.4, 0.5) is 13.2 Å². The summed E-state index contributed by atoms with van der Waals surface area (Å²) in [6.45, 7) is 4.20. The van der Waals surface area contributed by atoms with Gasteiger partial charge in [0.1, 0.15) is 17.1 Å². The number of furan rings is 1. The molecule has 3 aromatic rings. The van der Waals surface area contributed by atoms with Crippen molar-refractivity contribution in [2.24, 2.45) is 0 Å². The fourth-order valence-electron chi connectivity index (χ4n) is 2.95. The minimum atomic E-state index is -4.54. The summed E-state index contributed by atoms with van der Waals surface area (Å²) < 4.78 is 45.4. The number of nitrogens with zero attached hydrogens (tertiary/aromatic N) is 3. The smallest absolute Gasteiger partial charge is 0.406 e.